The van der Waals surface area contributed by atoms with Gasteiger partial charge in [-0.25, -0.2) is 0 Å². The lowest BCUT2D eigenvalue weighted by atomic mass is 9.99. The molecule has 0 saturated carbocycles. The lowest BCUT2D eigenvalue weighted by molar-refractivity contribution is 0.193. The largest absolute Gasteiger partial charge is 0.494 e. The van der Waals surface area contributed by atoms with E-state index in [9.17, 15) is 0 Å². The highest BCUT2D eigenvalue weighted by atomic mass is 16.5. The zero-order chi connectivity index (χ0) is 14.9. The average molecular weight is 290 g/mol. The summed E-state index contributed by atoms with van der Waals surface area (Å²) in [6.07, 6.45) is 3.77. The fourth-order valence-corrected chi connectivity index (χ4v) is 2.72. The fraction of sp³-hybridized carbons (Fsp3) is 0.667. The topological polar surface area (TPSA) is 24.5 Å². The van der Waals surface area contributed by atoms with Crippen LogP contribution in [0.5, 0.6) is 5.75 Å². The Labute approximate surface area is 129 Å². The van der Waals surface area contributed by atoms with Crippen LogP contribution < -0.4 is 10.1 Å². The molecule has 21 heavy (non-hydrogen) atoms. The van der Waals surface area contributed by atoms with Crippen LogP contribution in [-0.2, 0) is 6.54 Å². The maximum absolute atomic E-state index is 5.67. The molecule has 0 bridgehead atoms. The van der Waals surface area contributed by atoms with E-state index in [0.717, 1.165) is 37.8 Å². The van der Waals surface area contributed by atoms with Gasteiger partial charge < -0.3 is 15.0 Å². The van der Waals surface area contributed by atoms with E-state index < -0.39 is 0 Å². The molecule has 1 aromatic carbocycles. The molecule has 1 aliphatic rings. The molecule has 0 amide bonds. The van der Waals surface area contributed by atoms with Gasteiger partial charge in [-0.15, -0.1) is 0 Å². The van der Waals surface area contributed by atoms with Gasteiger partial charge in [0.2, 0.25) is 0 Å². The number of hydrogen-bond acceptors (Lipinski definition) is 3. The van der Waals surface area contributed by atoms with Crippen LogP contribution in [0.3, 0.4) is 0 Å². The quantitative estimate of drug-likeness (QED) is 0.744. The van der Waals surface area contributed by atoms with Crippen molar-refractivity contribution in [2.24, 2.45) is 5.92 Å². The first-order valence-corrected chi connectivity index (χ1v) is 8.42. The van der Waals surface area contributed by atoms with Gasteiger partial charge in [0.25, 0.3) is 0 Å². The van der Waals surface area contributed by atoms with Gasteiger partial charge in [-0.2, -0.15) is 0 Å². The van der Waals surface area contributed by atoms with Crippen molar-refractivity contribution in [3.63, 3.8) is 0 Å². The van der Waals surface area contributed by atoms with Crippen LogP contribution >= 0.6 is 0 Å². The Kier molecular flexibility index (Phi) is 7.04. The van der Waals surface area contributed by atoms with Crippen LogP contribution in [0.2, 0.25) is 0 Å². The molecule has 0 spiro atoms. The summed E-state index contributed by atoms with van der Waals surface area (Å²) >= 11 is 0. The van der Waals surface area contributed by atoms with Gasteiger partial charge in [-0.05, 0) is 56.0 Å². The molecule has 1 N–H and O–H groups in total. The Bertz CT molecular complexity index is 400. The molecule has 1 heterocycles. The third-order valence-corrected chi connectivity index (χ3v) is 4.18. The Morgan fingerprint density at radius 3 is 2.86 bits per heavy atom. The molecule has 1 aliphatic heterocycles. The van der Waals surface area contributed by atoms with Gasteiger partial charge >= 0.3 is 0 Å². The second kappa shape index (κ2) is 9.06. The minimum absolute atomic E-state index is 0.796. The smallest absolute Gasteiger partial charge is 0.119 e. The van der Waals surface area contributed by atoms with Crippen molar-refractivity contribution >= 4 is 0 Å². The molecular weight excluding hydrogens is 260 g/mol. The highest BCUT2D eigenvalue weighted by Crippen LogP contribution is 2.15. The molecule has 118 valence electrons. The third-order valence-electron chi connectivity index (χ3n) is 4.18. The average Bonchev–Trinajstić information content (AvgIpc) is 2.52. The lowest BCUT2D eigenvalue weighted by Crippen LogP contribution is -2.37. The number of ether oxygens (including phenoxy) is 1. The summed E-state index contributed by atoms with van der Waals surface area (Å²) in [6, 6.07) is 8.42. The minimum Gasteiger partial charge on any atom is -0.494 e. The summed E-state index contributed by atoms with van der Waals surface area (Å²) in [5.41, 5.74) is 1.30. The van der Waals surface area contributed by atoms with Gasteiger partial charge in [0.15, 0.2) is 0 Å². The standard InChI is InChI=1S/C18H30N2O/c1-3-13-21-18-6-4-5-17(14-18)15-19-9-12-20-10-7-16(2)8-11-20/h4-6,14,16,19H,3,7-13,15H2,1-2H3. The molecule has 0 unspecified atom stereocenters. The Morgan fingerprint density at radius 2 is 2.10 bits per heavy atom. The van der Waals surface area contributed by atoms with E-state index >= 15 is 0 Å². The first-order valence-electron chi connectivity index (χ1n) is 8.42. The zero-order valence-corrected chi connectivity index (χ0v) is 13.6. The van der Waals surface area contributed by atoms with Crippen LogP contribution in [0.4, 0.5) is 0 Å². The molecule has 0 aliphatic carbocycles. The summed E-state index contributed by atoms with van der Waals surface area (Å²) < 4.78 is 5.67. The van der Waals surface area contributed by atoms with E-state index in [1.807, 2.05) is 6.07 Å². The van der Waals surface area contributed by atoms with Crippen molar-refractivity contribution in [3.05, 3.63) is 29.8 Å². The van der Waals surface area contributed by atoms with Gasteiger partial charge in [0, 0.05) is 19.6 Å². The predicted molar refractivity (Wildman–Crippen MR) is 88.8 cm³/mol. The van der Waals surface area contributed by atoms with Gasteiger partial charge in [0.05, 0.1) is 6.61 Å². The lowest BCUT2D eigenvalue weighted by Gasteiger charge is -2.30. The van der Waals surface area contributed by atoms with Crippen molar-refractivity contribution in [2.75, 3.05) is 32.8 Å². The molecular formula is C18H30N2O. The number of rotatable bonds is 8. The molecule has 0 atom stereocenters. The normalized spacial score (nSPS) is 17.0. The zero-order valence-electron chi connectivity index (χ0n) is 13.6. The highest BCUT2D eigenvalue weighted by Gasteiger charge is 2.14. The Morgan fingerprint density at radius 1 is 1.29 bits per heavy atom. The maximum Gasteiger partial charge on any atom is 0.119 e. The molecule has 0 radical (unpaired) electrons. The molecule has 2 rings (SSSR count). The number of likely N-dealkylation sites (tertiary alicyclic amines) is 1. The van der Waals surface area contributed by atoms with Crippen LogP contribution in [-0.4, -0.2) is 37.7 Å². The third kappa shape index (κ3) is 6.06. The van der Waals surface area contributed by atoms with Gasteiger partial charge in [-0.1, -0.05) is 26.0 Å². The molecule has 1 aromatic rings. The predicted octanol–water partition coefficient (Wildman–Crippen LogP) is 3.30. The first-order chi connectivity index (χ1) is 10.3. The van der Waals surface area contributed by atoms with Gasteiger partial charge in [0.1, 0.15) is 5.75 Å². The second-order valence-corrected chi connectivity index (χ2v) is 6.20. The van der Waals surface area contributed by atoms with E-state index in [-0.39, 0.29) is 0 Å². The van der Waals surface area contributed by atoms with Crippen molar-refractivity contribution in [2.45, 2.75) is 39.7 Å². The molecule has 1 saturated heterocycles. The maximum atomic E-state index is 5.67. The molecule has 1 fully saturated rings. The first kappa shape index (κ1) is 16.3. The van der Waals surface area contributed by atoms with Crippen molar-refractivity contribution in [3.8, 4) is 5.75 Å². The highest BCUT2D eigenvalue weighted by molar-refractivity contribution is 5.28. The van der Waals surface area contributed by atoms with Crippen LogP contribution in [0, 0.1) is 5.92 Å². The summed E-state index contributed by atoms with van der Waals surface area (Å²) in [5, 5.41) is 3.55. The van der Waals surface area contributed by atoms with E-state index in [1.54, 1.807) is 0 Å². The van der Waals surface area contributed by atoms with Crippen LogP contribution in [0.25, 0.3) is 0 Å². The van der Waals surface area contributed by atoms with E-state index in [1.165, 1.54) is 38.0 Å². The molecule has 3 nitrogen and oxygen atoms in total. The Balaban J connectivity index is 1.64. The number of hydrogen-bond donors (Lipinski definition) is 1. The van der Waals surface area contributed by atoms with Crippen LogP contribution in [0.1, 0.15) is 38.7 Å². The number of benzene rings is 1. The van der Waals surface area contributed by atoms with E-state index in [0.29, 0.717) is 0 Å². The summed E-state index contributed by atoms with van der Waals surface area (Å²) in [7, 11) is 0. The summed E-state index contributed by atoms with van der Waals surface area (Å²) in [5.74, 6) is 1.90. The van der Waals surface area contributed by atoms with Crippen molar-refractivity contribution < 1.29 is 4.74 Å². The number of piperidine rings is 1. The van der Waals surface area contributed by atoms with Gasteiger partial charge in [-0.3, -0.25) is 0 Å². The second-order valence-electron chi connectivity index (χ2n) is 6.20. The van der Waals surface area contributed by atoms with Crippen molar-refractivity contribution in [1.82, 2.24) is 10.2 Å². The Hall–Kier alpha value is -1.06. The van der Waals surface area contributed by atoms with E-state index in [4.69, 9.17) is 4.74 Å². The monoisotopic (exact) mass is 290 g/mol. The van der Waals surface area contributed by atoms with Crippen LogP contribution in [0.15, 0.2) is 24.3 Å². The minimum atomic E-state index is 0.796. The number of nitrogens with one attached hydrogen (secondary N) is 1. The molecule has 3 heteroatoms. The van der Waals surface area contributed by atoms with Crippen molar-refractivity contribution in [1.29, 1.82) is 0 Å². The fourth-order valence-electron chi connectivity index (χ4n) is 2.72. The summed E-state index contributed by atoms with van der Waals surface area (Å²) in [4.78, 5) is 2.58. The molecule has 0 aromatic heterocycles. The van der Waals surface area contributed by atoms with E-state index in [2.05, 4.69) is 42.3 Å². The SMILES string of the molecule is CCCOc1cccc(CNCCN2CCC(C)CC2)c1. The summed E-state index contributed by atoms with van der Waals surface area (Å²) in [6.45, 7) is 11.0. The number of nitrogens with zero attached hydrogens (tertiary/aromatic N) is 1.